The van der Waals surface area contributed by atoms with Gasteiger partial charge in [0.25, 0.3) is 0 Å². The fourth-order valence-corrected chi connectivity index (χ4v) is 11.0. The first-order valence-corrected chi connectivity index (χ1v) is 22.0. The molecule has 5 rings (SSSR count). The van der Waals surface area contributed by atoms with Gasteiger partial charge in [0.05, 0.1) is 133 Å². The first-order chi connectivity index (χ1) is 25.4. The molecule has 24 heteroatoms. The van der Waals surface area contributed by atoms with Gasteiger partial charge in [-0.05, 0) is 0 Å². The molecule has 1 aliphatic rings. The molecule has 0 spiro atoms. The van der Waals surface area contributed by atoms with Crippen LogP contribution < -0.4 is 5.32 Å². The lowest BCUT2D eigenvalue weighted by Gasteiger charge is -2.33. The zero-order valence-electron chi connectivity index (χ0n) is 24.7. The molecule has 1 N–H and O–H groups in total. The van der Waals surface area contributed by atoms with Crippen molar-refractivity contribution < 1.29 is 0 Å². The molecule has 291 valence electrons. The van der Waals surface area contributed by atoms with Crippen molar-refractivity contribution in [2.24, 2.45) is 0 Å². The van der Waals surface area contributed by atoms with Crippen molar-refractivity contribution in [2.45, 2.75) is 0 Å². The van der Waals surface area contributed by atoms with E-state index in [1.165, 1.54) is 0 Å². The van der Waals surface area contributed by atoms with Crippen LogP contribution in [0.5, 0.6) is 0 Å². The Bertz CT molecular complexity index is 2240. The summed E-state index contributed by atoms with van der Waals surface area (Å²) in [4.78, 5) is 0. The average molecular weight is 1200 g/mol. The summed E-state index contributed by atoms with van der Waals surface area (Å²) in [6, 6.07) is 0. The third kappa shape index (κ3) is 8.29. The largest absolute Gasteiger partial charge is 0.355 e. The molecule has 1 heterocycles. The molecule has 0 unspecified atom stereocenters. The van der Waals surface area contributed by atoms with Crippen LogP contribution in [0.15, 0.2) is 26.5 Å². The monoisotopic (exact) mass is 1190 g/mol. The van der Waals surface area contributed by atoms with Crippen molar-refractivity contribution >= 4 is 272 Å². The van der Waals surface area contributed by atoms with Crippen LogP contribution in [0.25, 0.3) is 5.57 Å². The topological polar surface area (TPSA) is 12.0 Å². The number of benzene rings is 4. The molecule has 0 aromatic heterocycles. The Balaban J connectivity index is 2.08. The van der Waals surface area contributed by atoms with Crippen LogP contribution in [0, 0.1) is 5.92 Å². The van der Waals surface area contributed by atoms with Crippen LogP contribution in [-0.4, -0.2) is 0 Å². The predicted octanol–water partition coefficient (Wildman–Crippen LogP) is 21.9. The van der Waals surface area contributed by atoms with Gasteiger partial charge in [-0.3, -0.25) is 0 Å². The molecular weight excluding hydrogens is 1200 g/mol. The molecule has 0 aliphatic carbocycles. The second kappa shape index (κ2) is 18.7. The molecule has 55 heavy (non-hydrogen) atoms. The second-order valence-electron chi connectivity index (χ2n) is 10.3. The number of rotatable bonds is 5. The molecule has 0 fully saturated rings. The maximum absolute atomic E-state index is 7.00. The third-order valence-corrected chi connectivity index (χ3v) is 17.8. The van der Waals surface area contributed by atoms with Gasteiger partial charge in [0.15, 0.2) is 0 Å². The number of hydrogen-bond donors (Lipinski definition) is 1. The molecule has 0 amide bonds. The molecule has 0 saturated carbocycles. The molecule has 0 bridgehead atoms. The van der Waals surface area contributed by atoms with E-state index in [0.717, 1.165) is 0 Å². The maximum atomic E-state index is 7.00. The zero-order valence-corrected chi connectivity index (χ0v) is 42.1. The van der Waals surface area contributed by atoms with Gasteiger partial charge in [-0.25, -0.2) is 0 Å². The van der Waals surface area contributed by atoms with Crippen molar-refractivity contribution in [2.75, 3.05) is 0 Å². The SMILES string of the molecule is ClC1=C([C](c2c(Cl)c(Cl)c(Cl)c(Cl)c2Cl)c2c(Cl)c(Cl)c(Cl)c(Cl)c2Cl)NC(=C(c2c(Cl)c(Cl)c(Cl)c(Cl)c2Cl)c2c(Cl)c(Cl)c(Cl)c(Cl)c2Cl)C(Cl)=C1Cl. The fraction of sp³-hybridized carbons (Fsp3) is 0. The van der Waals surface area contributed by atoms with E-state index in [2.05, 4.69) is 5.32 Å². The van der Waals surface area contributed by atoms with Crippen LogP contribution in [-0.2, 0) is 0 Å². The van der Waals surface area contributed by atoms with Crippen molar-refractivity contribution in [3.05, 3.63) is 155 Å². The summed E-state index contributed by atoms with van der Waals surface area (Å²) >= 11 is 154. The Kier molecular flexibility index (Phi) is 16.6. The Morgan fingerprint density at radius 1 is 0.236 bits per heavy atom. The third-order valence-electron chi connectivity index (χ3n) is 7.41. The lowest BCUT2D eigenvalue weighted by atomic mass is 9.85. The van der Waals surface area contributed by atoms with Crippen molar-refractivity contribution in [3.8, 4) is 0 Å². The van der Waals surface area contributed by atoms with Gasteiger partial charge in [-0.2, -0.15) is 0 Å². The van der Waals surface area contributed by atoms with E-state index in [0.29, 0.717) is 0 Å². The lowest BCUT2D eigenvalue weighted by molar-refractivity contribution is 0.944. The van der Waals surface area contributed by atoms with Gasteiger partial charge in [-0.1, -0.05) is 267 Å². The van der Waals surface area contributed by atoms with Crippen LogP contribution in [0.1, 0.15) is 22.3 Å². The smallest absolute Gasteiger partial charge is 0.0872 e. The average Bonchev–Trinajstić information content (AvgIpc) is 3.16. The highest BCUT2D eigenvalue weighted by molar-refractivity contribution is 6.60. The maximum Gasteiger partial charge on any atom is 0.0872 e. The Morgan fingerprint density at radius 3 is 0.709 bits per heavy atom. The standard InChI is InChI=1S/C31HCl23N/c32-7-3(8(33)16(41)23(48)15(7)40)1(4-9(34)17(42)24(49)18(43)10(4)35)30-28(53)27(52)29(54)31(55-30)2(5-11(36)19(44)25(50)20(45)12(5)37)6-13(38)21(46)26(51)22(47)14(6)39/h55H. The highest BCUT2D eigenvalue weighted by atomic mass is 35.5. The summed E-state index contributed by atoms with van der Waals surface area (Å²) in [5.41, 5.74) is -1.43. The number of nitrogens with one attached hydrogen (secondary N) is 1. The zero-order chi connectivity index (χ0) is 41.6. The molecule has 1 nitrogen and oxygen atoms in total. The molecule has 0 atom stereocenters. The first kappa shape index (κ1) is 48.6. The lowest BCUT2D eigenvalue weighted by Crippen LogP contribution is -2.28. The minimum atomic E-state index is -0.365. The van der Waals surface area contributed by atoms with E-state index < -0.39 is 0 Å². The minimum absolute atomic E-state index is 0.188. The first-order valence-electron chi connectivity index (χ1n) is 13.3. The normalized spacial score (nSPS) is 13.5. The molecule has 4 aromatic rings. The van der Waals surface area contributed by atoms with E-state index in [1.54, 1.807) is 0 Å². The molecule has 0 saturated heterocycles. The summed E-state index contributed by atoms with van der Waals surface area (Å²) in [7, 11) is 0. The Morgan fingerprint density at radius 2 is 0.455 bits per heavy atom. The van der Waals surface area contributed by atoms with E-state index >= 15 is 0 Å². The van der Waals surface area contributed by atoms with Crippen LogP contribution in [0.2, 0.25) is 100 Å². The fourth-order valence-electron chi connectivity index (χ4n) is 4.94. The quantitative estimate of drug-likeness (QED) is 0.155. The van der Waals surface area contributed by atoms with E-state index in [1.807, 2.05) is 0 Å². The van der Waals surface area contributed by atoms with E-state index in [9.17, 15) is 0 Å². The Labute approximate surface area is 427 Å². The van der Waals surface area contributed by atoms with Gasteiger partial charge in [-0.15, -0.1) is 0 Å². The van der Waals surface area contributed by atoms with Crippen molar-refractivity contribution in [1.29, 1.82) is 0 Å². The molecule has 4 aromatic carbocycles. The summed E-state index contributed by atoms with van der Waals surface area (Å²) < 4.78 is 0. The van der Waals surface area contributed by atoms with Crippen LogP contribution >= 0.6 is 267 Å². The predicted molar refractivity (Wildman–Crippen MR) is 248 cm³/mol. The highest BCUT2D eigenvalue weighted by Crippen LogP contribution is 2.59. The molecular formula is C31HCl23N. The summed E-state index contributed by atoms with van der Waals surface area (Å²) in [5, 5.41) is -3.28. The van der Waals surface area contributed by atoms with Crippen molar-refractivity contribution in [1.82, 2.24) is 5.32 Å². The van der Waals surface area contributed by atoms with E-state index in [-0.39, 0.29) is 161 Å². The van der Waals surface area contributed by atoms with E-state index in [4.69, 9.17) is 267 Å². The van der Waals surface area contributed by atoms with Crippen LogP contribution in [0.3, 0.4) is 0 Å². The van der Waals surface area contributed by atoms with Gasteiger partial charge in [0.2, 0.25) is 0 Å². The summed E-state index contributed by atoms with van der Waals surface area (Å²) in [6.45, 7) is 0. The molecule has 1 aliphatic heterocycles. The van der Waals surface area contributed by atoms with Crippen molar-refractivity contribution in [3.63, 3.8) is 0 Å². The second-order valence-corrected chi connectivity index (χ2v) is 19.0. The number of hydrogen-bond acceptors (Lipinski definition) is 1. The summed E-state index contributed by atoms with van der Waals surface area (Å²) in [5.74, 6) is -0.205. The Hall–Kier alpha value is 2.57. The minimum Gasteiger partial charge on any atom is -0.355 e. The number of halogens is 23. The van der Waals surface area contributed by atoms with Crippen LogP contribution in [0.4, 0.5) is 0 Å². The highest BCUT2D eigenvalue weighted by Gasteiger charge is 2.41. The molecule has 1 radical (unpaired) electrons. The number of dihydropyridines is 1. The van der Waals surface area contributed by atoms with Gasteiger partial charge >= 0.3 is 0 Å². The van der Waals surface area contributed by atoms with Gasteiger partial charge < -0.3 is 5.32 Å². The number of allylic oxidation sites excluding steroid dienone is 4. The summed E-state index contributed by atoms with van der Waals surface area (Å²) in [6.07, 6.45) is 0. The van der Waals surface area contributed by atoms with Gasteiger partial charge in [0.1, 0.15) is 0 Å². The van der Waals surface area contributed by atoms with Gasteiger partial charge in [0, 0.05) is 27.8 Å².